The Hall–Kier alpha value is -0.490. The molecule has 1 unspecified atom stereocenters. The van der Waals surface area contributed by atoms with E-state index >= 15 is 0 Å². The first-order valence-corrected chi connectivity index (χ1v) is 7.56. The third-order valence-electron chi connectivity index (χ3n) is 2.83. The topological polar surface area (TPSA) is 12.0 Å². The van der Waals surface area contributed by atoms with Crippen LogP contribution in [0.15, 0.2) is 22.0 Å². The number of rotatable bonds is 3. The fourth-order valence-corrected chi connectivity index (χ4v) is 3.58. The Morgan fingerprint density at radius 1 is 1.32 bits per heavy atom. The summed E-state index contributed by atoms with van der Waals surface area (Å²) in [6, 6.07) is 1.85. The van der Waals surface area contributed by atoms with Crippen molar-refractivity contribution in [3.63, 3.8) is 0 Å². The quantitative estimate of drug-likeness (QED) is 0.749. The molecule has 2 rings (SSSR count). The number of benzene rings is 1. The number of aryl methyl sites for hydroxylation is 1. The van der Waals surface area contributed by atoms with Crippen LogP contribution in [0.25, 0.3) is 0 Å². The lowest BCUT2D eigenvalue weighted by Gasteiger charge is -2.17. The molecule has 0 bridgehead atoms. The summed E-state index contributed by atoms with van der Waals surface area (Å²) in [5, 5.41) is 5.47. The predicted molar refractivity (Wildman–Crippen MR) is 79.0 cm³/mol. The summed E-state index contributed by atoms with van der Waals surface area (Å²) in [6.07, 6.45) is 0. The van der Waals surface area contributed by atoms with Gasteiger partial charge in [0.05, 0.1) is 15.5 Å². The minimum absolute atomic E-state index is 0.108. The van der Waals surface area contributed by atoms with Crippen LogP contribution in [0.3, 0.4) is 0 Å². The third kappa shape index (κ3) is 2.84. The molecule has 0 aliphatic heterocycles. The van der Waals surface area contributed by atoms with E-state index in [4.69, 9.17) is 11.6 Å². The van der Waals surface area contributed by atoms with Crippen LogP contribution < -0.4 is 5.32 Å². The van der Waals surface area contributed by atoms with Gasteiger partial charge >= 0.3 is 0 Å². The molecule has 1 nitrogen and oxygen atoms in total. The van der Waals surface area contributed by atoms with Crippen LogP contribution in [0.2, 0.25) is 5.02 Å². The van der Waals surface area contributed by atoms with Gasteiger partial charge in [0, 0.05) is 10.4 Å². The predicted octanol–water partition coefficient (Wildman–Crippen LogP) is 5.06. The molecule has 1 heterocycles. The zero-order valence-electron chi connectivity index (χ0n) is 10.2. The highest BCUT2D eigenvalue weighted by molar-refractivity contribution is 9.10. The van der Waals surface area contributed by atoms with Crippen molar-refractivity contribution in [2.75, 3.05) is 7.05 Å². The second-order valence-electron chi connectivity index (χ2n) is 4.11. The largest absolute Gasteiger partial charge is 0.309 e. The molecule has 0 aliphatic rings. The second kappa shape index (κ2) is 5.87. The van der Waals surface area contributed by atoms with Crippen LogP contribution in [0.1, 0.15) is 22.0 Å². The lowest BCUT2D eigenvalue weighted by molar-refractivity contribution is 0.557. The van der Waals surface area contributed by atoms with Crippen molar-refractivity contribution in [2.24, 2.45) is 0 Å². The Morgan fingerprint density at radius 3 is 2.53 bits per heavy atom. The van der Waals surface area contributed by atoms with E-state index in [1.807, 2.05) is 12.3 Å². The van der Waals surface area contributed by atoms with Crippen molar-refractivity contribution in [3.05, 3.63) is 54.6 Å². The average Bonchev–Trinajstić information content (AvgIpc) is 2.68. The van der Waals surface area contributed by atoms with E-state index in [1.165, 1.54) is 17.4 Å². The van der Waals surface area contributed by atoms with Crippen LogP contribution in [-0.2, 0) is 0 Å². The standard InChI is InChI=1S/C13H11BrClF2NS/c1-6-5-19-13(11(6)15)12(18-2)7-3-10(17)8(14)4-9(7)16/h3-5,12,18H,1-2H3. The van der Waals surface area contributed by atoms with Gasteiger partial charge in [0.2, 0.25) is 0 Å². The van der Waals surface area contributed by atoms with Crippen molar-refractivity contribution in [1.29, 1.82) is 0 Å². The van der Waals surface area contributed by atoms with Crippen molar-refractivity contribution in [1.82, 2.24) is 5.32 Å². The Morgan fingerprint density at radius 2 is 2.00 bits per heavy atom. The monoisotopic (exact) mass is 365 g/mol. The van der Waals surface area contributed by atoms with E-state index in [2.05, 4.69) is 21.2 Å². The van der Waals surface area contributed by atoms with Crippen molar-refractivity contribution < 1.29 is 8.78 Å². The molecule has 1 atom stereocenters. The fraction of sp³-hybridized carbons (Fsp3) is 0.231. The Kier molecular flexibility index (Phi) is 4.61. The molecule has 102 valence electrons. The van der Waals surface area contributed by atoms with Crippen LogP contribution in [0.4, 0.5) is 8.78 Å². The minimum Gasteiger partial charge on any atom is -0.309 e. The maximum atomic E-state index is 14.0. The lowest BCUT2D eigenvalue weighted by Crippen LogP contribution is -2.18. The van der Waals surface area contributed by atoms with Crippen molar-refractivity contribution in [3.8, 4) is 0 Å². The van der Waals surface area contributed by atoms with Crippen LogP contribution >= 0.6 is 38.9 Å². The molecule has 1 N–H and O–H groups in total. The van der Waals surface area contributed by atoms with Gasteiger partial charge < -0.3 is 5.32 Å². The third-order valence-corrected chi connectivity index (χ3v) is 5.21. The molecule has 0 saturated carbocycles. The number of hydrogen-bond acceptors (Lipinski definition) is 2. The first-order valence-electron chi connectivity index (χ1n) is 5.51. The highest BCUT2D eigenvalue weighted by atomic mass is 79.9. The maximum absolute atomic E-state index is 14.0. The highest BCUT2D eigenvalue weighted by Gasteiger charge is 2.22. The zero-order valence-corrected chi connectivity index (χ0v) is 13.4. The zero-order chi connectivity index (χ0) is 14.2. The molecule has 0 spiro atoms. The molecule has 1 aromatic heterocycles. The molecule has 0 radical (unpaired) electrons. The number of hydrogen-bond donors (Lipinski definition) is 1. The number of nitrogens with one attached hydrogen (secondary N) is 1. The van der Waals surface area contributed by atoms with Crippen molar-refractivity contribution >= 4 is 38.9 Å². The Bertz CT molecular complexity index is 615. The highest BCUT2D eigenvalue weighted by Crippen LogP contribution is 2.37. The van der Waals surface area contributed by atoms with E-state index in [0.717, 1.165) is 16.5 Å². The number of thiophene rings is 1. The molecule has 2 aromatic rings. The first kappa shape index (κ1) is 14.9. The lowest BCUT2D eigenvalue weighted by atomic mass is 10.0. The van der Waals surface area contributed by atoms with Gasteiger partial charge in [0.1, 0.15) is 11.6 Å². The average molecular weight is 367 g/mol. The van der Waals surface area contributed by atoms with Gasteiger partial charge in [-0.3, -0.25) is 0 Å². The summed E-state index contributed by atoms with van der Waals surface area (Å²) in [5.41, 5.74) is 1.17. The van der Waals surface area contributed by atoms with Gasteiger partial charge in [0.25, 0.3) is 0 Å². The molecule has 0 saturated heterocycles. The van der Waals surface area contributed by atoms with E-state index in [1.54, 1.807) is 7.05 Å². The Labute approximate surface area is 127 Å². The summed E-state index contributed by atoms with van der Waals surface area (Å²) < 4.78 is 27.7. The van der Waals surface area contributed by atoms with Gasteiger partial charge in [0.15, 0.2) is 0 Å². The van der Waals surface area contributed by atoms with E-state index < -0.39 is 17.7 Å². The number of halogens is 4. The molecule has 6 heteroatoms. The molecule has 19 heavy (non-hydrogen) atoms. The first-order chi connectivity index (χ1) is 8.95. The van der Waals surface area contributed by atoms with Gasteiger partial charge in [-0.15, -0.1) is 11.3 Å². The van der Waals surface area contributed by atoms with Gasteiger partial charge in [-0.2, -0.15) is 0 Å². The fourth-order valence-electron chi connectivity index (χ4n) is 1.83. The normalized spacial score (nSPS) is 12.7. The second-order valence-corrected chi connectivity index (χ2v) is 6.25. The summed E-state index contributed by atoms with van der Waals surface area (Å²) >= 11 is 10.6. The van der Waals surface area contributed by atoms with Gasteiger partial charge in [-0.05, 0) is 53.0 Å². The summed E-state index contributed by atoms with van der Waals surface area (Å²) in [4.78, 5) is 0.780. The smallest absolute Gasteiger partial charge is 0.137 e. The van der Waals surface area contributed by atoms with E-state index in [-0.39, 0.29) is 10.0 Å². The van der Waals surface area contributed by atoms with E-state index in [0.29, 0.717) is 5.02 Å². The molecular weight excluding hydrogens is 356 g/mol. The molecule has 1 aromatic carbocycles. The van der Waals surface area contributed by atoms with Crippen LogP contribution in [-0.4, -0.2) is 7.05 Å². The molecule has 0 fully saturated rings. The molecular formula is C13H11BrClF2NS. The van der Waals surface area contributed by atoms with Crippen molar-refractivity contribution in [2.45, 2.75) is 13.0 Å². The van der Waals surface area contributed by atoms with Gasteiger partial charge in [-0.25, -0.2) is 8.78 Å². The summed E-state index contributed by atoms with van der Waals surface area (Å²) in [7, 11) is 1.69. The van der Waals surface area contributed by atoms with Crippen LogP contribution in [0, 0.1) is 18.6 Å². The molecule has 0 amide bonds. The van der Waals surface area contributed by atoms with Gasteiger partial charge in [-0.1, -0.05) is 11.6 Å². The Balaban J connectivity index is 2.54. The maximum Gasteiger partial charge on any atom is 0.137 e. The summed E-state index contributed by atoms with van der Waals surface area (Å²) in [6.45, 7) is 1.88. The minimum atomic E-state index is -0.499. The van der Waals surface area contributed by atoms with E-state index in [9.17, 15) is 8.78 Å². The van der Waals surface area contributed by atoms with Crippen LogP contribution in [0.5, 0.6) is 0 Å². The summed E-state index contributed by atoms with van der Waals surface area (Å²) in [5.74, 6) is -0.976. The molecule has 0 aliphatic carbocycles. The SMILES string of the molecule is CNC(c1cc(F)c(Br)cc1F)c1scc(C)c1Cl.